The Hall–Kier alpha value is -1.80. The molecule has 0 amide bonds. The molecule has 20 heavy (non-hydrogen) atoms. The van der Waals surface area contributed by atoms with Crippen molar-refractivity contribution in [3.05, 3.63) is 63.7 Å². The molecular formula is C17H17ClO2. The molecule has 0 spiro atoms. The first-order valence-corrected chi connectivity index (χ1v) is 6.84. The molecule has 0 bridgehead atoms. The molecule has 2 aromatic rings. The van der Waals surface area contributed by atoms with E-state index in [0.29, 0.717) is 16.3 Å². The van der Waals surface area contributed by atoms with Crippen LogP contribution in [0.1, 0.15) is 27.0 Å². The molecule has 0 saturated heterocycles. The van der Waals surface area contributed by atoms with E-state index in [-0.39, 0.29) is 12.4 Å². The Morgan fingerprint density at radius 1 is 1.00 bits per heavy atom. The Morgan fingerprint density at radius 2 is 1.70 bits per heavy atom. The molecule has 3 heteroatoms. The maximum Gasteiger partial charge on any atom is 0.200 e. The number of carbonyl (C=O) groups excluding carboxylic acids is 1. The second-order valence-electron chi connectivity index (χ2n) is 4.92. The molecule has 0 fully saturated rings. The summed E-state index contributed by atoms with van der Waals surface area (Å²) in [4.78, 5) is 12.1. The fraction of sp³-hybridized carbons (Fsp3) is 0.235. The number of Topliss-reactive ketones (excluding diaryl/α,β-unsaturated/α-hetero) is 1. The first-order chi connectivity index (χ1) is 9.47. The van der Waals surface area contributed by atoms with Gasteiger partial charge in [-0.3, -0.25) is 4.79 Å². The third kappa shape index (κ3) is 3.40. The summed E-state index contributed by atoms with van der Waals surface area (Å²) >= 11 is 5.92. The van der Waals surface area contributed by atoms with Crippen molar-refractivity contribution in [1.29, 1.82) is 0 Å². The van der Waals surface area contributed by atoms with Crippen LogP contribution in [-0.2, 0) is 0 Å². The first kappa shape index (κ1) is 14.6. The largest absolute Gasteiger partial charge is 0.485 e. The highest BCUT2D eigenvalue weighted by Gasteiger charge is 2.09. The van der Waals surface area contributed by atoms with E-state index >= 15 is 0 Å². The van der Waals surface area contributed by atoms with Crippen LogP contribution in [0.3, 0.4) is 0 Å². The van der Waals surface area contributed by atoms with E-state index < -0.39 is 0 Å². The van der Waals surface area contributed by atoms with Gasteiger partial charge in [-0.15, -0.1) is 0 Å². The highest BCUT2D eigenvalue weighted by Crippen LogP contribution is 2.22. The second kappa shape index (κ2) is 6.10. The molecule has 0 aliphatic rings. The summed E-state index contributed by atoms with van der Waals surface area (Å²) in [5, 5.41) is 0.601. The van der Waals surface area contributed by atoms with Crippen LogP contribution in [-0.4, -0.2) is 12.4 Å². The van der Waals surface area contributed by atoms with E-state index in [2.05, 4.69) is 0 Å². The Bertz CT molecular complexity index is 647. The van der Waals surface area contributed by atoms with Gasteiger partial charge in [-0.05, 0) is 55.7 Å². The van der Waals surface area contributed by atoms with E-state index in [4.69, 9.17) is 16.3 Å². The van der Waals surface area contributed by atoms with Gasteiger partial charge in [0.25, 0.3) is 0 Å². The predicted octanol–water partition coefficient (Wildman–Crippen LogP) is 4.53. The third-order valence-corrected chi connectivity index (χ3v) is 3.57. The van der Waals surface area contributed by atoms with Gasteiger partial charge in [-0.2, -0.15) is 0 Å². The maximum absolute atomic E-state index is 12.1. The van der Waals surface area contributed by atoms with Crippen molar-refractivity contribution < 1.29 is 9.53 Å². The molecule has 0 N–H and O–H groups in total. The van der Waals surface area contributed by atoms with Gasteiger partial charge in [0.1, 0.15) is 5.75 Å². The molecule has 0 saturated carbocycles. The van der Waals surface area contributed by atoms with Gasteiger partial charge in [-0.25, -0.2) is 0 Å². The van der Waals surface area contributed by atoms with E-state index in [1.807, 2.05) is 45.0 Å². The van der Waals surface area contributed by atoms with Crippen LogP contribution in [0.5, 0.6) is 5.75 Å². The number of aryl methyl sites for hydroxylation is 3. The number of rotatable bonds is 4. The van der Waals surface area contributed by atoms with Crippen molar-refractivity contribution in [2.45, 2.75) is 20.8 Å². The van der Waals surface area contributed by atoms with E-state index in [1.165, 1.54) is 5.56 Å². The van der Waals surface area contributed by atoms with Gasteiger partial charge < -0.3 is 4.74 Å². The average Bonchev–Trinajstić information content (AvgIpc) is 2.42. The standard InChI is InChI=1S/C17H17ClO2/c1-11-4-6-14(8-13(11)3)16(19)10-20-17-9-15(18)7-5-12(17)2/h4-9H,10H2,1-3H3. The smallest absolute Gasteiger partial charge is 0.200 e. The number of hydrogen-bond donors (Lipinski definition) is 0. The SMILES string of the molecule is Cc1ccc(C(=O)COc2cc(Cl)ccc2C)cc1C. The zero-order valence-electron chi connectivity index (χ0n) is 11.9. The summed E-state index contributed by atoms with van der Waals surface area (Å²) < 4.78 is 5.57. The molecule has 0 radical (unpaired) electrons. The monoisotopic (exact) mass is 288 g/mol. The molecule has 0 aromatic heterocycles. The number of carbonyl (C=O) groups is 1. The van der Waals surface area contributed by atoms with Crippen molar-refractivity contribution in [3.63, 3.8) is 0 Å². The van der Waals surface area contributed by atoms with Crippen LogP contribution in [0.15, 0.2) is 36.4 Å². The van der Waals surface area contributed by atoms with Gasteiger partial charge in [0, 0.05) is 10.6 Å². The highest BCUT2D eigenvalue weighted by atomic mass is 35.5. The lowest BCUT2D eigenvalue weighted by Crippen LogP contribution is -2.12. The minimum Gasteiger partial charge on any atom is -0.485 e. The van der Waals surface area contributed by atoms with Crippen molar-refractivity contribution in [1.82, 2.24) is 0 Å². The normalized spacial score (nSPS) is 10.4. The minimum absolute atomic E-state index is 0.0175. The molecular weight excluding hydrogens is 272 g/mol. The first-order valence-electron chi connectivity index (χ1n) is 6.47. The predicted molar refractivity (Wildman–Crippen MR) is 81.9 cm³/mol. The number of hydrogen-bond acceptors (Lipinski definition) is 2. The molecule has 0 heterocycles. The Balaban J connectivity index is 2.08. The van der Waals surface area contributed by atoms with Crippen LogP contribution in [0, 0.1) is 20.8 Å². The van der Waals surface area contributed by atoms with Crippen LogP contribution < -0.4 is 4.74 Å². The summed E-state index contributed by atoms with van der Waals surface area (Å²) in [6, 6.07) is 11.1. The quantitative estimate of drug-likeness (QED) is 0.773. The lowest BCUT2D eigenvalue weighted by molar-refractivity contribution is 0.0921. The van der Waals surface area contributed by atoms with E-state index in [9.17, 15) is 4.79 Å². The lowest BCUT2D eigenvalue weighted by Gasteiger charge is -2.09. The molecule has 0 atom stereocenters. The average molecular weight is 289 g/mol. The summed E-state index contributed by atoms with van der Waals surface area (Å²) in [6.45, 7) is 5.96. The van der Waals surface area contributed by atoms with E-state index in [0.717, 1.165) is 11.1 Å². The molecule has 2 aromatic carbocycles. The highest BCUT2D eigenvalue weighted by molar-refractivity contribution is 6.30. The number of ether oxygens (including phenoxy) is 1. The Labute approximate surface area is 124 Å². The Morgan fingerprint density at radius 3 is 2.40 bits per heavy atom. The van der Waals surface area contributed by atoms with Gasteiger partial charge in [0.05, 0.1) is 0 Å². The maximum atomic E-state index is 12.1. The molecule has 0 unspecified atom stereocenters. The number of benzene rings is 2. The van der Waals surface area contributed by atoms with Crippen molar-refractivity contribution in [3.8, 4) is 5.75 Å². The van der Waals surface area contributed by atoms with Crippen LogP contribution >= 0.6 is 11.6 Å². The molecule has 2 rings (SSSR count). The van der Waals surface area contributed by atoms with Gasteiger partial charge in [0.15, 0.2) is 12.4 Å². The summed E-state index contributed by atoms with van der Waals surface area (Å²) in [6.07, 6.45) is 0. The number of ketones is 1. The Kier molecular flexibility index (Phi) is 4.46. The van der Waals surface area contributed by atoms with Crippen molar-refractivity contribution >= 4 is 17.4 Å². The second-order valence-corrected chi connectivity index (χ2v) is 5.36. The van der Waals surface area contributed by atoms with Crippen molar-refractivity contribution in [2.75, 3.05) is 6.61 Å². The van der Waals surface area contributed by atoms with Crippen LogP contribution in [0.25, 0.3) is 0 Å². The van der Waals surface area contributed by atoms with Gasteiger partial charge >= 0.3 is 0 Å². The van der Waals surface area contributed by atoms with Gasteiger partial charge in [-0.1, -0.05) is 29.8 Å². The van der Waals surface area contributed by atoms with Crippen LogP contribution in [0.4, 0.5) is 0 Å². The minimum atomic E-state index is -0.0347. The molecule has 104 valence electrons. The zero-order chi connectivity index (χ0) is 14.7. The molecule has 2 nitrogen and oxygen atoms in total. The molecule has 0 aliphatic carbocycles. The lowest BCUT2D eigenvalue weighted by atomic mass is 10.0. The van der Waals surface area contributed by atoms with Gasteiger partial charge in [0.2, 0.25) is 0 Å². The summed E-state index contributed by atoms with van der Waals surface area (Å²) in [5.41, 5.74) is 3.91. The fourth-order valence-electron chi connectivity index (χ4n) is 1.87. The van der Waals surface area contributed by atoms with E-state index in [1.54, 1.807) is 12.1 Å². The summed E-state index contributed by atoms with van der Waals surface area (Å²) in [5.74, 6) is 0.613. The zero-order valence-corrected chi connectivity index (χ0v) is 12.6. The fourth-order valence-corrected chi connectivity index (χ4v) is 2.03. The third-order valence-electron chi connectivity index (χ3n) is 3.34. The van der Waals surface area contributed by atoms with Crippen LogP contribution in [0.2, 0.25) is 5.02 Å². The number of halogens is 1. The molecule has 0 aliphatic heterocycles. The van der Waals surface area contributed by atoms with Crippen molar-refractivity contribution in [2.24, 2.45) is 0 Å². The topological polar surface area (TPSA) is 26.3 Å². The summed E-state index contributed by atoms with van der Waals surface area (Å²) in [7, 11) is 0.